The second-order valence-electron chi connectivity index (χ2n) is 11.8. The van der Waals surface area contributed by atoms with Crippen LogP contribution in [0.25, 0.3) is 0 Å². The van der Waals surface area contributed by atoms with E-state index < -0.39 is 0 Å². The Kier molecular flexibility index (Phi) is 16.0. The monoisotopic (exact) mass is 578 g/mol. The number of carbonyl (C=O) groups excluding carboxylic acids is 2. The van der Waals surface area contributed by atoms with Gasteiger partial charge in [-0.15, -0.1) is 0 Å². The minimum absolute atomic E-state index is 0.0435. The molecular formula is C33H54O8. The number of unbranched alkanes of at least 4 members (excludes halogenated alkanes) is 2. The van der Waals surface area contributed by atoms with Gasteiger partial charge in [0.25, 0.3) is 6.47 Å². The standard InChI is InChI=1S/C33H54O8/c1-4-5-14-25(2)28(40-32-17-10-12-21-37-32)20-19-27-26(15-8-6-7-9-16-31(35)36-3)29(39-24-34)23-30(27)41-33-18-11-13-22-38-33/h6,8,19-20,24-30,32-33H,4-5,7,9-18,21-23H2,1-3H3/b8-6-,20-19+/t25-,26+,27+,28+,29+,30+,32?,33?/m0/s1. The summed E-state index contributed by atoms with van der Waals surface area (Å²) in [6.07, 6.45) is 20.9. The Balaban J connectivity index is 1.76. The minimum atomic E-state index is -0.242. The third-order valence-electron chi connectivity index (χ3n) is 8.66. The third kappa shape index (κ3) is 11.8. The number of carbonyl (C=O) groups is 2. The molecule has 0 aromatic heterocycles. The van der Waals surface area contributed by atoms with Gasteiger partial charge >= 0.3 is 5.97 Å². The second-order valence-corrected chi connectivity index (χ2v) is 11.8. The first-order valence-corrected chi connectivity index (χ1v) is 16.1. The smallest absolute Gasteiger partial charge is 0.305 e. The highest BCUT2D eigenvalue weighted by Gasteiger charge is 2.44. The van der Waals surface area contributed by atoms with E-state index in [1.807, 2.05) is 0 Å². The van der Waals surface area contributed by atoms with E-state index in [9.17, 15) is 9.59 Å². The van der Waals surface area contributed by atoms with E-state index in [-0.39, 0.29) is 48.7 Å². The number of allylic oxidation sites excluding steroid dienone is 2. The number of esters is 1. The van der Waals surface area contributed by atoms with Crippen LogP contribution in [0.5, 0.6) is 0 Å². The van der Waals surface area contributed by atoms with Crippen molar-refractivity contribution in [3.05, 3.63) is 24.3 Å². The van der Waals surface area contributed by atoms with Crippen LogP contribution in [-0.4, -0.2) is 63.7 Å². The summed E-state index contributed by atoms with van der Waals surface area (Å²) in [4.78, 5) is 22.9. The number of hydrogen-bond donors (Lipinski definition) is 0. The first-order chi connectivity index (χ1) is 20.0. The lowest BCUT2D eigenvalue weighted by molar-refractivity contribution is -0.193. The molecule has 3 rings (SSSR count). The number of methoxy groups -OCH3 is 1. The predicted molar refractivity (Wildman–Crippen MR) is 157 cm³/mol. The Morgan fingerprint density at radius 3 is 2.41 bits per heavy atom. The lowest BCUT2D eigenvalue weighted by Gasteiger charge is -2.31. The van der Waals surface area contributed by atoms with E-state index >= 15 is 0 Å². The average molecular weight is 579 g/mol. The molecule has 8 atom stereocenters. The largest absolute Gasteiger partial charge is 0.469 e. The van der Waals surface area contributed by atoms with Gasteiger partial charge in [-0.2, -0.15) is 0 Å². The molecule has 2 heterocycles. The Bertz CT molecular complexity index is 786. The van der Waals surface area contributed by atoms with Gasteiger partial charge in [0, 0.05) is 37.9 Å². The Morgan fingerprint density at radius 2 is 1.76 bits per heavy atom. The van der Waals surface area contributed by atoms with Crippen molar-refractivity contribution in [2.75, 3.05) is 20.3 Å². The van der Waals surface area contributed by atoms with Crippen molar-refractivity contribution in [1.82, 2.24) is 0 Å². The molecule has 0 spiro atoms. The van der Waals surface area contributed by atoms with E-state index in [0.717, 1.165) is 90.3 Å². The molecule has 234 valence electrons. The van der Waals surface area contributed by atoms with Gasteiger partial charge in [-0.1, -0.05) is 51.0 Å². The SMILES string of the molecule is CCCC[C@H](C)[C@@H](/C=C/[C@@H]1[C@@H](C/C=C\CCCC(=O)OC)[C@H](OC=O)C[C@H]1OC1CCCCO1)OC1CCCCO1. The maximum Gasteiger partial charge on any atom is 0.305 e. The van der Waals surface area contributed by atoms with Crippen LogP contribution in [-0.2, 0) is 38.0 Å². The van der Waals surface area contributed by atoms with Crippen molar-refractivity contribution in [1.29, 1.82) is 0 Å². The van der Waals surface area contributed by atoms with Crippen LogP contribution in [0.3, 0.4) is 0 Å². The molecular weight excluding hydrogens is 524 g/mol. The summed E-state index contributed by atoms with van der Waals surface area (Å²) >= 11 is 0. The molecule has 1 aliphatic carbocycles. The first kappa shape index (κ1) is 33.8. The molecule has 0 aromatic rings. The summed E-state index contributed by atoms with van der Waals surface area (Å²) in [5.41, 5.74) is 0. The van der Waals surface area contributed by atoms with Crippen LogP contribution in [0, 0.1) is 17.8 Å². The van der Waals surface area contributed by atoms with E-state index in [1.165, 1.54) is 7.11 Å². The van der Waals surface area contributed by atoms with Crippen molar-refractivity contribution < 1.29 is 38.0 Å². The van der Waals surface area contributed by atoms with Gasteiger partial charge in [0.1, 0.15) is 6.10 Å². The zero-order valence-corrected chi connectivity index (χ0v) is 25.6. The summed E-state index contributed by atoms with van der Waals surface area (Å²) in [7, 11) is 1.41. The predicted octanol–water partition coefficient (Wildman–Crippen LogP) is 6.66. The first-order valence-electron chi connectivity index (χ1n) is 16.1. The summed E-state index contributed by atoms with van der Waals surface area (Å²) in [5.74, 6) is 0.281. The van der Waals surface area contributed by atoms with Crippen molar-refractivity contribution in [3.8, 4) is 0 Å². The molecule has 41 heavy (non-hydrogen) atoms. The quantitative estimate of drug-likeness (QED) is 0.0772. The lowest BCUT2D eigenvalue weighted by atomic mass is 9.88. The molecule has 0 N–H and O–H groups in total. The van der Waals surface area contributed by atoms with Gasteiger partial charge in [-0.25, -0.2) is 0 Å². The maximum absolute atomic E-state index is 11.5. The highest BCUT2D eigenvalue weighted by atomic mass is 16.7. The normalized spacial score (nSPS) is 30.4. The Morgan fingerprint density at radius 1 is 1.00 bits per heavy atom. The topological polar surface area (TPSA) is 89.5 Å². The zero-order chi connectivity index (χ0) is 29.3. The van der Waals surface area contributed by atoms with Crippen LogP contribution in [0.2, 0.25) is 0 Å². The van der Waals surface area contributed by atoms with Crippen LogP contribution >= 0.6 is 0 Å². The second kappa shape index (κ2) is 19.4. The molecule has 2 saturated heterocycles. The van der Waals surface area contributed by atoms with Gasteiger partial charge in [0.05, 0.1) is 19.3 Å². The summed E-state index contributed by atoms with van der Waals surface area (Å²) < 4.78 is 35.3. The molecule has 2 aliphatic heterocycles. The van der Waals surface area contributed by atoms with E-state index in [1.54, 1.807) is 0 Å². The number of rotatable bonds is 18. The molecule has 0 radical (unpaired) electrons. The number of hydrogen-bond acceptors (Lipinski definition) is 8. The molecule has 0 amide bonds. The van der Waals surface area contributed by atoms with Gasteiger partial charge in [0.15, 0.2) is 12.6 Å². The molecule has 8 heteroatoms. The molecule has 8 nitrogen and oxygen atoms in total. The summed E-state index contributed by atoms with van der Waals surface area (Å²) in [6, 6.07) is 0. The Labute approximate surface area is 247 Å². The maximum atomic E-state index is 11.5. The van der Waals surface area contributed by atoms with Crippen LogP contribution < -0.4 is 0 Å². The molecule has 0 aromatic carbocycles. The summed E-state index contributed by atoms with van der Waals surface area (Å²) in [5, 5.41) is 0. The fraction of sp³-hybridized carbons (Fsp3) is 0.818. The van der Waals surface area contributed by atoms with E-state index in [0.29, 0.717) is 25.2 Å². The zero-order valence-electron chi connectivity index (χ0n) is 25.6. The van der Waals surface area contributed by atoms with Gasteiger partial charge in [-0.05, 0) is 70.1 Å². The van der Waals surface area contributed by atoms with Crippen LogP contribution in [0.4, 0.5) is 0 Å². The number of ether oxygens (including phenoxy) is 6. The molecule has 3 aliphatic rings. The summed E-state index contributed by atoms with van der Waals surface area (Å²) in [6.45, 7) is 6.52. The average Bonchev–Trinajstić information content (AvgIpc) is 3.31. The highest BCUT2D eigenvalue weighted by Crippen LogP contribution is 2.41. The molecule has 1 saturated carbocycles. The van der Waals surface area contributed by atoms with Gasteiger partial charge < -0.3 is 28.4 Å². The molecule has 2 unspecified atom stereocenters. The molecule has 0 bridgehead atoms. The highest BCUT2D eigenvalue weighted by molar-refractivity contribution is 5.69. The van der Waals surface area contributed by atoms with Crippen molar-refractivity contribution >= 4 is 12.4 Å². The van der Waals surface area contributed by atoms with Crippen LogP contribution in [0.15, 0.2) is 24.3 Å². The van der Waals surface area contributed by atoms with Gasteiger partial charge in [0.2, 0.25) is 0 Å². The fourth-order valence-electron chi connectivity index (χ4n) is 6.18. The van der Waals surface area contributed by atoms with Gasteiger partial charge in [-0.3, -0.25) is 9.59 Å². The van der Waals surface area contributed by atoms with Crippen molar-refractivity contribution in [2.24, 2.45) is 17.8 Å². The van der Waals surface area contributed by atoms with Crippen LogP contribution in [0.1, 0.15) is 104 Å². The van der Waals surface area contributed by atoms with Crippen molar-refractivity contribution in [2.45, 2.75) is 135 Å². The molecule has 3 fully saturated rings. The van der Waals surface area contributed by atoms with Crippen molar-refractivity contribution in [3.63, 3.8) is 0 Å². The van der Waals surface area contributed by atoms with E-state index in [4.69, 9.17) is 28.4 Å². The third-order valence-corrected chi connectivity index (χ3v) is 8.66. The van der Waals surface area contributed by atoms with E-state index in [2.05, 4.69) is 38.2 Å². The minimum Gasteiger partial charge on any atom is -0.469 e. The Hall–Kier alpha value is -1.74. The lowest BCUT2D eigenvalue weighted by Crippen LogP contribution is -2.32. The fourth-order valence-corrected chi connectivity index (χ4v) is 6.18.